The Labute approximate surface area is 88.1 Å². The molecule has 15 heavy (non-hydrogen) atoms. The number of aromatic nitrogens is 2. The maximum atomic E-state index is 11.1. The molecule has 0 bridgehead atoms. The average molecular weight is 210 g/mol. The van der Waals surface area contributed by atoms with E-state index in [1.165, 1.54) is 13.3 Å². The first kappa shape index (κ1) is 11.4. The topological polar surface area (TPSA) is 76.1 Å². The summed E-state index contributed by atoms with van der Waals surface area (Å²) >= 11 is 0. The van der Waals surface area contributed by atoms with E-state index in [9.17, 15) is 4.79 Å². The summed E-state index contributed by atoms with van der Waals surface area (Å²) in [6.07, 6.45) is 1.51. The molecule has 1 heterocycles. The van der Waals surface area contributed by atoms with Gasteiger partial charge in [0.2, 0.25) is 5.82 Å². The SMILES string of the molecule is CNCCNc1ccnc(C(=O)OC)n1. The summed E-state index contributed by atoms with van der Waals surface area (Å²) in [6.45, 7) is 1.55. The number of anilines is 1. The second-order valence-corrected chi connectivity index (χ2v) is 2.79. The third-order valence-corrected chi connectivity index (χ3v) is 1.70. The Balaban J connectivity index is 2.62. The molecular formula is C9H14N4O2. The van der Waals surface area contributed by atoms with Gasteiger partial charge in [0.1, 0.15) is 5.82 Å². The lowest BCUT2D eigenvalue weighted by Gasteiger charge is -2.05. The lowest BCUT2D eigenvalue weighted by Crippen LogP contribution is -2.19. The number of carbonyl (C=O) groups is 1. The second-order valence-electron chi connectivity index (χ2n) is 2.79. The number of carbonyl (C=O) groups excluding carboxylic acids is 1. The highest BCUT2D eigenvalue weighted by Gasteiger charge is 2.08. The van der Waals surface area contributed by atoms with Gasteiger partial charge < -0.3 is 15.4 Å². The van der Waals surface area contributed by atoms with Crippen LogP contribution in [0.4, 0.5) is 5.82 Å². The Morgan fingerprint density at radius 3 is 3.00 bits per heavy atom. The van der Waals surface area contributed by atoms with Gasteiger partial charge in [-0.2, -0.15) is 0 Å². The highest BCUT2D eigenvalue weighted by molar-refractivity contribution is 5.85. The van der Waals surface area contributed by atoms with Crippen LogP contribution in [0.15, 0.2) is 12.3 Å². The number of likely N-dealkylation sites (N-methyl/N-ethyl adjacent to an activating group) is 1. The Morgan fingerprint density at radius 1 is 1.53 bits per heavy atom. The van der Waals surface area contributed by atoms with E-state index in [4.69, 9.17) is 0 Å². The summed E-state index contributed by atoms with van der Waals surface area (Å²) < 4.78 is 4.51. The van der Waals surface area contributed by atoms with Gasteiger partial charge in [-0.05, 0) is 13.1 Å². The third-order valence-electron chi connectivity index (χ3n) is 1.70. The summed E-state index contributed by atoms with van der Waals surface area (Å²) in [4.78, 5) is 18.9. The van der Waals surface area contributed by atoms with Crippen molar-refractivity contribution in [3.05, 3.63) is 18.1 Å². The Morgan fingerprint density at radius 2 is 2.33 bits per heavy atom. The quantitative estimate of drug-likeness (QED) is 0.522. The van der Waals surface area contributed by atoms with Crippen molar-refractivity contribution in [1.29, 1.82) is 0 Å². The number of hydrogen-bond donors (Lipinski definition) is 2. The second kappa shape index (κ2) is 5.92. The number of rotatable bonds is 5. The number of ether oxygens (including phenoxy) is 1. The number of hydrogen-bond acceptors (Lipinski definition) is 6. The van der Waals surface area contributed by atoms with Crippen molar-refractivity contribution in [2.45, 2.75) is 0 Å². The van der Waals surface area contributed by atoms with E-state index in [0.29, 0.717) is 5.82 Å². The first-order chi connectivity index (χ1) is 7.27. The van der Waals surface area contributed by atoms with Crippen LogP contribution in [-0.4, -0.2) is 43.2 Å². The van der Waals surface area contributed by atoms with Crippen molar-refractivity contribution in [3.63, 3.8) is 0 Å². The molecule has 0 amide bonds. The van der Waals surface area contributed by atoms with E-state index >= 15 is 0 Å². The number of methoxy groups -OCH3 is 1. The summed E-state index contributed by atoms with van der Waals surface area (Å²) in [5.41, 5.74) is 0. The Bertz CT molecular complexity index is 330. The molecule has 6 heteroatoms. The highest BCUT2D eigenvalue weighted by atomic mass is 16.5. The predicted octanol–water partition coefficient (Wildman–Crippen LogP) is -0.106. The van der Waals surface area contributed by atoms with Gasteiger partial charge in [-0.25, -0.2) is 14.8 Å². The van der Waals surface area contributed by atoms with Crippen molar-refractivity contribution >= 4 is 11.8 Å². The molecule has 0 fully saturated rings. The lowest BCUT2D eigenvalue weighted by molar-refractivity contribution is 0.0587. The van der Waals surface area contributed by atoms with Gasteiger partial charge in [0, 0.05) is 19.3 Å². The number of esters is 1. The van der Waals surface area contributed by atoms with Crippen LogP contribution in [0.3, 0.4) is 0 Å². The van der Waals surface area contributed by atoms with Crippen molar-refractivity contribution in [1.82, 2.24) is 15.3 Å². The van der Waals surface area contributed by atoms with Gasteiger partial charge in [0.25, 0.3) is 0 Å². The van der Waals surface area contributed by atoms with Crippen LogP contribution in [0.5, 0.6) is 0 Å². The number of nitrogens with one attached hydrogen (secondary N) is 2. The van der Waals surface area contributed by atoms with Crippen LogP contribution >= 0.6 is 0 Å². The van der Waals surface area contributed by atoms with Gasteiger partial charge in [-0.3, -0.25) is 0 Å². The molecule has 1 aromatic heterocycles. The van der Waals surface area contributed by atoms with Gasteiger partial charge >= 0.3 is 5.97 Å². The van der Waals surface area contributed by atoms with E-state index in [0.717, 1.165) is 13.1 Å². The third kappa shape index (κ3) is 3.51. The van der Waals surface area contributed by atoms with E-state index in [2.05, 4.69) is 25.3 Å². The molecule has 0 aromatic carbocycles. The molecule has 0 spiro atoms. The van der Waals surface area contributed by atoms with E-state index in [-0.39, 0.29) is 5.82 Å². The van der Waals surface area contributed by atoms with Gasteiger partial charge in [-0.15, -0.1) is 0 Å². The maximum absolute atomic E-state index is 11.1. The minimum atomic E-state index is -0.535. The first-order valence-corrected chi connectivity index (χ1v) is 4.57. The molecule has 1 aromatic rings. The van der Waals surface area contributed by atoms with Crippen molar-refractivity contribution in [3.8, 4) is 0 Å². The fourth-order valence-corrected chi connectivity index (χ4v) is 0.962. The molecule has 0 aliphatic heterocycles. The van der Waals surface area contributed by atoms with Crippen molar-refractivity contribution < 1.29 is 9.53 Å². The molecule has 0 radical (unpaired) electrons. The van der Waals surface area contributed by atoms with Gasteiger partial charge in [0.15, 0.2) is 0 Å². The summed E-state index contributed by atoms with van der Waals surface area (Å²) in [7, 11) is 3.16. The van der Waals surface area contributed by atoms with Crippen LogP contribution in [-0.2, 0) is 4.74 Å². The largest absolute Gasteiger partial charge is 0.463 e. The van der Waals surface area contributed by atoms with Gasteiger partial charge in [0.05, 0.1) is 7.11 Å². The van der Waals surface area contributed by atoms with Gasteiger partial charge in [-0.1, -0.05) is 0 Å². The fourth-order valence-electron chi connectivity index (χ4n) is 0.962. The number of nitrogens with zero attached hydrogens (tertiary/aromatic N) is 2. The molecule has 0 saturated heterocycles. The zero-order chi connectivity index (χ0) is 11.1. The molecule has 0 saturated carbocycles. The highest BCUT2D eigenvalue weighted by Crippen LogP contribution is 2.01. The molecule has 82 valence electrons. The molecule has 2 N–H and O–H groups in total. The van der Waals surface area contributed by atoms with E-state index < -0.39 is 5.97 Å². The molecular weight excluding hydrogens is 196 g/mol. The fraction of sp³-hybridized carbons (Fsp3) is 0.444. The van der Waals surface area contributed by atoms with Crippen LogP contribution in [0.25, 0.3) is 0 Å². The summed E-state index contributed by atoms with van der Waals surface area (Å²) in [5, 5.41) is 6.03. The first-order valence-electron chi connectivity index (χ1n) is 4.57. The van der Waals surface area contributed by atoms with Crippen molar-refractivity contribution in [2.75, 3.05) is 32.6 Å². The Kier molecular flexibility index (Phi) is 4.49. The molecule has 0 unspecified atom stereocenters. The van der Waals surface area contributed by atoms with Crippen LogP contribution < -0.4 is 10.6 Å². The van der Waals surface area contributed by atoms with E-state index in [1.807, 2.05) is 7.05 Å². The zero-order valence-electron chi connectivity index (χ0n) is 8.78. The smallest absolute Gasteiger partial charge is 0.376 e. The van der Waals surface area contributed by atoms with Crippen LogP contribution in [0.2, 0.25) is 0 Å². The van der Waals surface area contributed by atoms with E-state index in [1.54, 1.807) is 6.07 Å². The molecule has 0 atom stereocenters. The molecule has 1 rings (SSSR count). The summed E-state index contributed by atoms with van der Waals surface area (Å²) in [5.74, 6) is 0.139. The molecule has 6 nitrogen and oxygen atoms in total. The standard InChI is InChI=1S/C9H14N4O2/c1-10-5-6-11-7-3-4-12-8(13-7)9(14)15-2/h3-4,10H,5-6H2,1-2H3,(H,11,12,13). The summed E-state index contributed by atoms with van der Waals surface area (Å²) in [6, 6.07) is 1.70. The minimum Gasteiger partial charge on any atom is -0.463 e. The van der Waals surface area contributed by atoms with Crippen molar-refractivity contribution in [2.24, 2.45) is 0 Å². The average Bonchev–Trinajstić information content (AvgIpc) is 2.29. The maximum Gasteiger partial charge on any atom is 0.376 e. The Hall–Kier alpha value is -1.69. The molecule has 0 aliphatic carbocycles. The zero-order valence-corrected chi connectivity index (χ0v) is 8.78. The minimum absolute atomic E-state index is 0.0620. The normalized spacial score (nSPS) is 9.73. The predicted molar refractivity (Wildman–Crippen MR) is 55.8 cm³/mol. The molecule has 0 aliphatic rings. The van der Waals surface area contributed by atoms with Crippen LogP contribution in [0.1, 0.15) is 10.6 Å². The van der Waals surface area contributed by atoms with Crippen LogP contribution in [0, 0.1) is 0 Å². The monoisotopic (exact) mass is 210 g/mol. The lowest BCUT2D eigenvalue weighted by atomic mass is 10.5.